The molecule has 0 saturated carbocycles. The normalized spacial score (nSPS) is 21.0. The number of nitrogens with zero attached hydrogens (tertiary/aromatic N) is 2. The molecule has 3 nitrogen and oxygen atoms in total. The summed E-state index contributed by atoms with van der Waals surface area (Å²) in [7, 11) is 0. The molecule has 1 heterocycles. The van der Waals surface area contributed by atoms with Gasteiger partial charge in [-0.3, -0.25) is 9.69 Å². The SMILES string of the molecule is CC1CN(Cc2ccccc2)CCN1C(=O)C(F)(F)F. The molecule has 1 aliphatic heterocycles. The van der Waals surface area contributed by atoms with E-state index in [1.54, 1.807) is 6.92 Å². The van der Waals surface area contributed by atoms with Crippen molar-refractivity contribution in [2.24, 2.45) is 0 Å². The molecule has 1 aromatic rings. The molecule has 0 bridgehead atoms. The van der Waals surface area contributed by atoms with Crippen molar-refractivity contribution < 1.29 is 18.0 Å². The number of carbonyl (C=O) groups is 1. The van der Waals surface area contributed by atoms with Crippen molar-refractivity contribution in [1.82, 2.24) is 9.80 Å². The molecule has 20 heavy (non-hydrogen) atoms. The van der Waals surface area contributed by atoms with E-state index < -0.39 is 18.1 Å². The van der Waals surface area contributed by atoms with E-state index in [1.807, 2.05) is 30.3 Å². The third-order valence-electron chi connectivity index (χ3n) is 3.46. The molecule has 110 valence electrons. The van der Waals surface area contributed by atoms with Gasteiger partial charge in [0.05, 0.1) is 0 Å². The standard InChI is InChI=1S/C14H17F3N2O/c1-11-9-18(10-12-5-3-2-4-6-12)7-8-19(11)13(20)14(15,16)17/h2-6,11H,7-10H2,1H3. The molecule has 6 heteroatoms. The van der Waals surface area contributed by atoms with E-state index in [0.29, 0.717) is 19.6 Å². The molecule has 1 aromatic carbocycles. The Bertz CT molecular complexity index is 461. The van der Waals surface area contributed by atoms with Gasteiger partial charge in [0.25, 0.3) is 0 Å². The number of benzene rings is 1. The Morgan fingerprint density at radius 3 is 2.45 bits per heavy atom. The molecule has 0 aromatic heterocycles. The van der Waals surface area contributed by atoms with Crippen molar-refractivity contribution in [2.75, 3.05) is 19.6 Å². The van der Waals surface area contributed by atoms with Crippen molar-refractivity contribution in [3.8, 4) is 0 Å². The molecule has 2 rings (SSSR count). The lowest BCUT2D eigenvalue weighted by atomic mass is 10.1. The van der Waals surface area contributed by atoms with Crippen LogP contribution >= 0.6 is 0 Å². The summed E-state index contributed by atoms with van der Waals surface area (Å²) in [5.74, 6) is -1.73. The average molecular weight is 286 g/mol. The van der Waals surface area contributed by atoms with Crippen LogP contribution in [0.5, 0.6) is 0 Å². The molecule has 0 N–H and O–H groups in total. The summed E-state index contributed by atoms with van der Waals surface area (Å²) in [4.78, 5) is 14.3. The molecule has 0 spiro atoms. The number of carbonyl (C=O) groups excluding carboxylic acids is 1. The quantitative estimate of drug-likeness (QED) is 0.833. The lowest BCUT2D eigenvalue weighted by molar-refractivity contribution is -0.189. The maximum absolute atomic E-state index is 12.4. The van der Waals surface area contributed by atoms with Crippen LogP contribution in [0.1, 0.15) is 12.5 Å². The summed E-state index contributed by atoms with van der Waals surface area (Å²) in [5, 5.41) is 0. The van der Waals surface area contributed by atoms with E-state index >= 15 is 0 Å². The van der Waals surface area contributed by atoms with Crippen molar-refractivity contribution in [2.45, 2.75) is 25.7 Å². The zero-order valence-corrected chi connectivity index (χ0v) is 11.2. The first kappa shape index (κ1) is 14.8. The third kappa shape index (κ3) is 3.50. The van der Waals surface area contributed by atoms with Crippen LogP contribution in [-0.2, 0) is 11.3 Å². The number of hydrogen-bond acceptors (Lipinski definition) is 2. The minimum Gasteiger partial charge on any atom is -0.330 e. The van der Waals surface area contributed by atoms with Gasteiger partial charge in [-0.05, 0) is 12.5 Å². The maximum atomic E-state index is 12.4. The summed E-state index contributed by atoms with van der Waals surface area (Å²) in [5.41, 5.74) is 1.12. The van der Waals surface area contributed by atoms with E-state index in [9.17, 15) is 18.0 Å². The number of hydrogen-bond donors (Lipinski definition) is 0. The van der Waals surface area contributed by atoms with E-state index in [1.165, 1.54) is 0 Å². The summed E-state index contributed by atoms with van der Waals surface area (Å²) in [6.45, 7) is 3.38. The molecule has 1 amide bonds. The average Bonchev–Trinajstić information content (AvgIpc) is 2.38. The number of halogens is 3. The van der Waals surface area contributed by atoms with Crippen LogP contribution in [-0.4, -0.2) is 47.6 Å². The van der Waals surface area contributed by atoms with Gasteiger partial charge in [0.1, 0.15) is 0 Å². The van der Waals surface area contributed by atoms with Crippen molar-refractivity contribution in [3.63, 3.8) is 0 Å². The van der Waals surface area contributed by atoms with Gasteiger partial charge in [-0.15, -0.1) is 0 Å². The maximum Gasteiger partial charge on any atom is 0.471 e. The topological polar surface area (TPSA) is 23.6 Å². The van der Waals surface area contributed by atoms with Gasteiger partial charge < -0.3 is 4.90 Å². The number of rotatable bonds is 2. The van der Waals surface area contributed by atoms with Gasteiger partial charge in [-0.1, -0.05) is 30.3 Å². The lowest BCUT2D eigenvalue weighted by Gasteiger charge is -2.40. The second-order valence-corrected chi connectivity index (χ2v) is 5.07. The van der Waals surface area contributed by atoms with Gasteiger partial charge in [0.2, 0.25) is 0 Å². The number of amides is 1. The van der Waals surface area contributed by atoms with Gasteiger partial charge in [-0.2, -0.15) is 13.2 Å². The molecule has 1 saturated heterocycles. The van der Waals surface area contributed by atoms with E-state index in [-0.39, 0.29) is 6.54 Å². The summed E-state index contributed by atoms with van der Waals surface area (Å²) in [6, 6.07) is 9.33. The van der Waals surface area contributed by atoms with E-state index in [2.05, 4.69) is 4.90 Å². The van der Waals surface area contributed by atoms with Crippen molar-refractivity contribution >= 4 is 5.91 Å². The minimum absolute atomic E-state index is 0.117. The summed E-state index contributed by atoms with van der Waals surface area (Å²) < 4.78 is 37.3. The summed E-state index contributed by atoms with van der Waals surface area (Å²) >= 11 is 0. The fourth-order valence-corrected chi connectivity index (χ4v) is 2.48. The Labute approximate surface area is 116 Å². The largest absolute Gasteiger partial charge is 0.471 e. The molecule has 0 aliphatic carbocycles. The summed E-state index contributed by atoms with van der Waals surface area (Å²) in [6.07, 6.45) is -4.78. The monoisotopic (exact) mass is 286 g/mol. The Balaban J connectivity index is 1.94. The second-order valence-electron chi connectivity index (χ2n) is 5.07. The zero-order valence-electron chi connectivity index (χ0n) is 11.2. The highest BCUT2D eigenvalue weighted by molar-refractivity contribution is 5.82. The Morgan fingerprint density at radius 1 is 1.25 bits per heavy atom. The third-order valence-corrected chi connectivity index (χ3v) is 3.46. The van der Waals surface area contributed by atoms with Gasteiger partial charge >= 0.3 is 12.1 Å². The molecule has 0 radical (unpaired) electrons. The molecular weight excluding hydrogens is 269 g/mol. The minimum atomic E-state index is -4.78. The zero-order chi connectivity index (χ0) is 14.8. The van der Waals surface area contributed by atoms with E-state index in [0.717, 1.165) is 10.5 Å². The highest BCUT2D eigenvalue weighted by Gasteiger charge is 2.44. The molecule has 1 unspecified atom stereocenters. The van der Waals surface area contributed by atoms with Crippen LogP contribution in [0.3, 0.4) is 0 Å². The molecular formula is C14H17F3N2O. The van der Waals surface area contributed by atoms with Crippen LogP contribution in [0.15, 0.2) is 30.3 Å². The predicted molar refractivity (Wildman–Crippen MR) is 68.9 cm³/mol. The Hall–Kier alpha value is -1.56. The predicted octanol–water partition coefficient (Wildman–Crippen LogP) is 2.28. The van der Waals surface area contributed by atoms with Crippen LogP contribution in [0, 0.1) is 0 Å². The van der Waals surface area contributed by atoms with Crippen LogP contribution < -0.4 is 0 Å². The highest BCUT2D eigenvalue weighted by atomic mass is 19.4. The number of piperazine rings is 1. The van der Waals surface area contributed by atoms with Crippen LogP contribution in [0.4, 0.5) is 13.2 Å². The van der Waals surface area contributed by atoms with Gasteiger partial charge in [0, 0.05) is 32.2 Å². The first-order valence-corrected chi connectivity index (χ1v) is 6.52. The van der Waals surface area contributed by atoms with Crippen LogP contribution in [0.25, 0.3) is 0 Å². The Kier molecular flexibility index (Phi) is 4.32. The number of alkyl halides is 3. The highest BCUT2D eigenvalue weighted by Crippen LogP contribution is 2.22. The smallest absolute Gasteiger partial charge is 0.330 e. The second kappa shape index (κ2) is 5.83. The molecule has 1 atom stereocenters. The first-order valence-electron chi connectivity index (χ1n) is 6.52. The Morgan fingerprint density at radius 2 is 1.90 bits per heavy atom. The van der Waals surface area contributed by atoms with Crippen molar-refractivity contribution in [1.29, 1.82) is 0 Å². The first-order chi connectivity index (χ1) is 9.38. The van der Waals surface area contributed by atoms with Gasteiger partial charge in [0.15, 0.2) is 0 Å². The fourth-order valence-electron chi connectivity index (χ4n) is 2.48. The molecule has 1 fully saturated rings. The van der Waals surface area contributed by atoms with Crippen LogP contribution in [0.2, 0.25) is 0 Å². The van der Waals surface area contributed by atoms with Crippen molar-refractivity contribution in [3.05, 3.63) is 35.9 Å². The van der Waals surface area contributed by atoms with E-state index in [4.69, 9.17) is 0 Å². The lowest BCUT2D eigenvalue weighted by Crippen LogP contribution is -2.56. The fraction of sp³-hybridized carbons (Fsp3) is 0.500. The van der Waals surface area contributed by atoms with Gasteiger partial charge in [-0.25, -0.2) is 0 Å². The molecule has 1 aliphatic rings.